The monoisotopic (exact) mass is 382 g/mol. The van der Waals surface area contributed by atoms with E-state index in [0.717, 1.165) is 31.5 Å². The summed E-state index contributed by atoms with van der Waals surface area (Å²) in [5, 5.41) is 3.28. The molecule has 0 spiro atoms. The van der Waals surface area contributed by atoms with Crippen molar-refractivity contribution < 1.29 is 8.42 Å². The first kappa shape index (κ1) is 17.9. The molecule has 2 N–H and O–H groups in total. The molecule has 1 atom stereocenters. The Hall–Kier alpha value is -0.140. The largest absolute Gasteiger partial charge is 0.316 e. The third kappa shape index (κ3) is 4.70. The van der Waals surface area contributed by atoms with Crippen LogP contribution in [-0.2, 0) is 10.0 Å². The van der Waals surface area contributed by atoms with Crippen molar-refractivity contribution in [2.75, 3.05) is 19.6 Å². The number of nitrogens with one attached hydrogen (secondary N) is 2. The van der Waals surface area contributed by atoms with Gasteiger partial charge in [-0.3, -0.25) is 0 Å². The first-order valence-electron chi connectivity index (χ1n) is 6.45. The van der Waals surface area contributed by atoms with Crippen LogP contribution in [0, 0.1) is 12.8 Å². The fraction of sp³-hybridized carbons (Fsp3) is 0.538. The van der Waals surface area contributed by atoms with Crippen LogP contribution in [0.3, 0.4) is 0 Å². The molecular weight excluding hydrogens is 364 g/mol. The van der Waals surface area contributed by atoms with Gasteiger partial charge in [0.15, 0.2) is 0 Å². The van der Waals surface area contributed by atoms with Crippen LogP contribution in [0.2, 0.25) is 0 Å². The van der Waals surface area contributed by atoms with E-state index in [4.69, 9.17) is 0 Å². The van der Waals surface area contributed by atoms with E-state index >= 15 is 0 Å². The molecule has 0 aromatic heterocycles. The van der Waals surface area contributed by atoms with Gasteiger partial charge in [0.25, 0.3) is 0 Å². The molecule has 0 bridgehead atoms. The van der Waals surface area contributed by atoms with Crippen LogP contribution in [0.25, 0.3) is 0 Å². The van der Waals surface area contributed by atoms with E-state index in [1.165, 1.54) is 0 Å². The van der Waals surface area contributed by atoms with Gasteiger partial charge in [-0.05, 0) is 72.4 Å². The summed E-state index contributed by atoms with van der Waals surface area (Å²) in [6.07, 6.45) is 2.02. The molecule has 1 aliphatic heterocycles. The van der Waals surface area contributed by atoms with Crippen LogP contribution in [0.5, 0.6) is 0 Å². The van der Waals surface area contributed by atoms with Gasteiger partial charge >= 0.3 is 0 Å². The highest BCUT2D eigenvalue weighted by Gasteiger charge is 2.19. The van der Waals surface area contributed by atoms with Gasteiger partial charge in [0.2, 0.25) is 10.0 Å². The molecule has 0 aliphatic carbocycles. The molecule has 1 aromatic carbocycles. The molecule has 114 valence electrons. The SMILES string of the molecule is Cc1ccc(Br)c(S(=O)(=O)NCCC2CCNC2)c1.Cl. The van der Waals surface area contributed by atoms with Crippen LogP contribution in [0.4, 0.5) is 0 Å². The Kier molecular flexibility index (Phi) is 6.94. The van der Waals surface area contributed by atoms with Gasteiger partial charge in [-0.25, -0.2) is 13.1 Å². The zero-order chi connectivity index (χ0) is 13.9. The molecule has 1 fully saturated rings. The quantitative estimate of drug-likeness (QED) is 0.821. The second-order valence-corrected chi connectivity index (χ2v) is 7.57. The van der Waals surface area contributed by atoms with Crippen molar-refractivity contribution in [2.24, 2.45) is 5.92 Å². The Labute approximate surface area is 135 Å². The Morgan fingerprint density at radius 1 is 1.45 bits per heavy atom. The summed E-state index contributed by atoms with van der Waals surface area (Å²) < 4.78 is 27.7. The minimum Gasteiger partial charge on any atom is -0.316 e. The number of halogens is 2. The van der Waals surface area contributed by atoms with Crippen molar-refractivity contribution in [1.82, 2.24) is 10.0 Å². The Balaban J connectivity index is 0.00000200. The summed E-state index contributed by atoms with van der Waals surface area (Å²) in [4.78, 5) is 0.317. The van der Waals surface area contributed by atoms with Crippen LogP contribution in [0.1, 0.15) is 18.4 Å². The summed E-state index contributed by atoms with van der Waals surface area (Å²) in [6, 6.07) is 5.33. The van der Waals surface area contributed by atoms with E-state index in [9.17, 15) is 8.42 Å². The molecule has 1 aromatic rings. The van der Waals surface area contributed by atoms with Crippen LogP contribution >= 0.6 is 28.3 Å². The molecule has 1 heterocycles. The Morgan fingerprint density at radius 2 is 2.20 bits per heavy atom. The Morgan fingerprint density at radius 3 is 2.85 bits per heavy atom. The number of hydrogen-bond acceptors (Lipinski definition) is 3. The molecule has 7 heteroatoms. The van der Waals surface area contributed by atoms with E-state index in [2.05, 4.69) is 26.0 Å². The fourth-order valence-corrected chi connectivity index (χ4v) is 4.35. The second-order valence-electron chi connectivity index (χ2n) is 4.98. The molecule has 1 aliphatic rings. The van der Waals surface area contributed by atoms with Gasteiger partial charge in [-0.2, -0.15) is 0 Å². The molecular formula is C13H20BrClN2O2S. The zero-order valence-corrected chi connectivity index (χ0v) is 14.6. The number of benzene rings is 1. The lowest BCUT2D eigenvalue weighted by molar-refractivity contribution is 0.519. The maximum absolute atomic E-state index is 12.2. The topological polar surface area (TPSA) is 58.2 Å². The number of rotatable bonds is 5. The molecule has 1 unspecified atom stereocenters. The predicted molar refractivity (Wildman–Crippen MR) is 86.9 cm³/mol. The maximum atomic E-state index is 12.2. The molecule has 0 saturated carbocycles. The second kappa shape index (κ2) is 7.75. The first-order valence-corrected chi connectivity index (χ1v) is 8.73. The van der Waals surface area contributed by atoms with E-state index in [1.807, 2.05) is 13.0 Å². The summed E-state index contributed by atoms with van der Waals surface area (Å²) >= 11 is 3.30. The molecule has 0 radical (unpaired) electrons. The molecule has 1 saturated heterocycles. The number of sulfonamides is 1. The third-order valence-corrected chi connectivity index (χ3v) is 5.84. The fourth-order valence-electron chi connectivity index (χ4n) is 2.25. The lowest BCUT2D eigenvalue weighted by Crippen LogP contribution is -2.27. The molecule has 2 rings (SSSR count). The summed E-state index contributed by atoms with van der Waals surface area (Å²) in [6.45, 7) is 4.42. The van der Waals surface area contributed by atoms with Crippen LogP contribution < -0.4 is 10.0 Å². The van der Waals surface area contributed by atoms with Crippen molar-refractivity contribution in [3.63, 3.8) is 0 Å². The standard InChI is InChI=1S/C13H19BrN2O2S.ClH/c1-10-2-3-12(14)13(8-10)19(17,18)16-7-5-11-4-6-15-9-11;/h2-3,8,11,15-16H,4-7,9H2,1H3;1H. The summed E-state index contributed by atoms with van der Waals surface area (Å²) in [5.41, 5.74) is 0.934. The van der Waals surface area contributed by atoms with Crippen molar-refractivity contribution in [2.45, 2.75) is 24.7 Å². The average molecular weight is 384 g/mol. The van der Waals surface area contributed by atoms with Crippen molar-refractivity contribution in [3.05, 3.63) is 28.2 Å². The van der Waals surface area contributed by atoms with E-state index in [-0.39, 0.29) is 12.4 Å². The van der Waals surface area contributed by atoms with Gasteiger partial charge in [-0.1, -0.05) is 6.07 Å². The smallest absolute Gasteiger partial charge is 0.241 e. The van der Waals surface area contributed by atoms with Gasteiger partial charge in [-0.15, -0.1) is 12.4 Å². The normalized spacial score (nSPS) is 18.8. The van der Waals surface area contributed by atoms with Gasteiger partial charge < -0.3 is 5.32 Å². The highest BCUT2D eigenvalue weighted by Crippen LogP contribution is 2.23. The van der Waals surface area contributed by atoms with Crippen molar-refractivity contribution in [1.29, 1.82) is 0 Å². The highest BCUT2D eigenvalue weighted by molar-refractivity contribution is 9.10. The summed E-state index contributed by atoms with van der Waals surface area (Å²) in [5.74, 6) is 0.587. The van der Waals surface area contributed by atoms with Crippen LogP contribution in [-0.4, -0.2) is 28.1 Å². The zero-order valence-electron chi connectivity index (χ0n) is 11.4. The minimum atomic E-state index is -3.42. The first-order chi connectivity index (χ1) is 8.99. The van der Waals surface area contributed by atoms with Crippen molar-refractivity contribution in [3.8, 4) is 0 Å². The number of aryl methyl sites for hydroxylation is 1. The van der Waals surface area contributed by atoms with Crippen LogP contribution in [0.15, 0.2) is 27.6 Å². The lowest BCUT2D eigenvalue weighted by atomic mass is 10.1. The maximum Gasteiger partial charge on any atom is 0.241 e. The van der Waals surface area contributed by atoms with Gasteiger partial charge in [0.1, 0.15) is 0 Å². The van der Waals surface area contributed by atoms with E-state index < -0.39 is 10.0 Å². The van der Waals surface area contributed by atoms with E-state index in [1.54, 1.807) is 12.1 Å². The average Bonchev–Trinajstić information content (AvgIpc) is 2.85. The lowest BCUT2D eigenvalue weighted by Gasteiger charge is -2.11. The Bertz CT molecular complexity index is 545. The third-order valence-electron chi connectivity index (χ3n) is 3.38. The number of hydrogen-bond donors (Lipinski definition) is 2. The van der Waals surface area contributed by atoms with E-state index in [0.29, 0.717) is 21.8 Å². The highest BCUT2D eigenvalue weighted by atomic mass is 79.9. The van der Waals surface area contributed by atoms with Gasteiger partial charge in [0, 0.05) is 11.0 Å². The molecule has 4 nitrogen and oxygen atoms in total. The summed E-state index contributed by atoms with van der Waals surface area (Å²) in [7, 11) is -3.42. The molecule has 20 heavy (non-hydrogen) atoms. The van der Waals surface area contributed by atoms with Crippen molar-refractivity contribution >= 4 is 38.4 Å². The van der Waals surface area contributed by atoms with Gasteiger partial charge in [0.05, 0.1) is 4.90 Å². The predicted octanol–water partition coefficient (Wildman–Crippen LogP) is 2.46. The minimum absolute atomic E-state index is 0. The molecule has 0 amide bonds.